The van der Waals surface area contributed by atoms with Gasteiger partial charge in [0.05, 0.1) is 12.2 Å². The molecule has 0 heterocycles. The van der Waals surface area contributed by atoms with Crippen LogP contribution >= 0.6 is 0 Å². The van der Waals surface area contributed by atoms with Gasteiger partial charge >= 0.3 is 0 Å². The zero-order chi connectivity index (χ0) is 11.4. The van der Waals surface area contributed by atoms with Gasteiger partial charge < -0.3 is 10.2 Å². The van der Waals surface area contributed by atoms with E-state index in [4.69, 9.17) is 0 Å². The van der Waals surface area contributed by atoms with Crippen LogP contribution in [0.5, 0.6) is 0 Å². The molecule has 2 N–H and O–H groups in total. The van der Waals surface area contributed by atoms with Crippen molar-refractivity contribution in [3.63, 3.8) is 0 Å². The van der Waals surface area contributed by atoms with Crippen molar-refractivity contribution in [2.45, 2.75) is 26.1 Å². The van der Waals surface area contributed by atoms with Gasteiger partial charge in [0.15, 0.2) is 0 Å². The second-order valence-corrected chi connectivity index (χ2v) is 4.01. The highest BCUT2D eigenvalue weighted by Crippen LogP contribution is 2.26. The first-order chi connectivity index (χ1) is 7.04. The molecule has 1 aromatic carbocycles. The summed E-state index contributed by atoms with van der Waals surface area (Å²) in [5, 5.41) is 19.8. The van der Waals surface area contributed by atoms with E-state index >= 15 is 0 Å². The van der Waals surface area contributed by atoms with E-state index in [0.717, 1.165) is 5.56 Å². The van der Waals surface area contributed by atoms with Gasteiger partial charge in [0.2, 0.25) is 0 Å². The van der Waals surface area contributed by atoms with E-state index < -0.39 is 12.2 Å². The van der Waals surface area contributed by atoms with E-state index in [0.29, 0.717) is 5.57 Å². The highest BCUT2D eigenvalue weighted by Gasteiger charge is 2.23. The van der Waals surface area contributed by atoms with Crippen molar-refractivity contribution >= 4 is 0 Å². The SMILES string of the molecule is C=C(C)[C@@H](O)[C@H](C)[C@@H](O)c1ccccc1. The Morgan fingerprint density at radius 2 is 1.73 bits per heavy atom. The minimum absolute atomic E-state index is 0.245. The average molecular weight is 206 g/mol. The molecule has 82 valence electrons. The Morgan fingerprint density at radius 1 is 1.20 bits per heavy atom. The van der Waals surface area contributed by atoms with E-state index in [9.17, 15) is 10.2 Å². The van der Waals surface area contributed by atoms with E-state index in [1.165, 1.54) is 0 Å². The second-order valence-electron chi connectivity index (χ2n) is 4.01. The first-order valence-corrected chi connectivity index (χ1v) is 5.10. The van der Waals surface area contributed by atoms with Crippen molar-refractivity contribution < 1.29 is 10.2 Å². The Hall–Kier alpha value is -1.12. The van der Waals surface area contributed by atoms with Gasteiger partial charge in [-0.2, -0.15) is 0 Å². The molecule has 0 aromatic heterocycles. The quantitative estimate of drug-likeness (QED) is 0.742. The lowest BCUT2D eigenvalue weighted by Gasteiger charge is -2.24. The zero-order valence-electron chi connectivity index (χ0n) is 9.22. The monoisotopic (exact) mass is 206 g/mol. The molecule has 1 aromatic rings. The van der Waals surface area contributed by atoms with Crippen LogP contribution in [0.15, 0.2) is 42.5 Å². The van der Waals surface area contributed by atoms with Gasteiger partial charge in [-0.25, -0.2) is 0 Å². The van der Waals surface area contributed by atoms with Crippen LogP contribution in [0.2, 0.25) is 0 Å². The van der Waals surface area contributed by atoms with Gasteiger partial charge in [0.25, 0.3) is 0 Å². The third kappa shape index (κ3) is 2.91. The molecule has 2 nitrogen and oxygen atoms in total. The second kappa shape index (κ2) is 5.10. The molecule has 0 amide bonds. The molecule has 0 aliphatic rings. The Kier molecular flexibility index (Phi) is 4.06. The third-order valence-corrected chi connectivity index (χ3v) is 2.64. The van der Waals surface area contributed by atoms with Gasteiger partial charge in [-0.05, 0) is 12.5 Å². The zero-order valence-corrected chi connectivity index (χ0v) is 9.22. The first kappa shape index (κ1) is 12.0. The van der Waals surface area contributed by atoms with Crippen molar-refractivity contribution in [2.75, 3.05) is 0 Å². The molecule has 1 rings (SSSR count). The molecule has 0 spiro atoms. The number of hydrogen-bond donors (Lipinski definition) is 2. The molecular weight excluding hydrogens is 188 g/mol. The van der Waals surface area contributed by atoms with Crippen molar-refractivity contribution in [1.29, 1.82) is 0 Å². The topological polar surface area (TPSA) is 40.5 Å². The molecule has 0 unspecified atom stereocenters. The molecule has 0 saturated heterocycles. The molecule has 0 aliphatic carbocycles. The predicted octanol–water partition coefficient (Wildman–Crippen LogP) is 2.29. The first-order valence-electron chi connectivity index (χ1n) is 5.10. The van der Waals surface area contributed by atoms with E-state index in [-0.39, 0.29) is 5.92 Å². The van der Waals surface area contributed by atoms with Crippen LogP contribution in [0, 0.1) is 5.92 Å². The van der Waals surface area contributed by atoms with Crippen LogP contribution in [-0.4, -0.2) is 16.3 Å². The maximum atomic E-state index is 10.0. The Labute approximate surface area is 90.9 Å². The summed E-state index contributed by atoms with van der Waals surface area (Å²) in [7, 11) is 0. The van der Waals surface area contributed by atoms with E-state index in [2.05, 4.69) is 6.58 Å². The van der Waals surface area contributed by atoms with Gasteiger partial charge in [-0.15, -0.1) is 0 Å². The van der Waals surface area contributed by atoms with Gasteiger partial charge in [0.1, 0.15) is 0 Å². The normalized spacial score (nSPS) is 16.8. The van der Waals surface area contributed by atoms with Crippen LogP contribution in [0.3, 0.4) is 0 Å². The Bertz CT molecular complexity index is 319. The number of aliphatic hydroxyl groups excluding tert-OH is 2. The highest BCUT2D eigenvalue weighted by atomic mass is 16.3. The van der Waals surface area contributed by atoms with E-state index in [1.807, 2.05) is 37.3 Å². The third-order valence-electron chi connectivity index (χ3n) is 2.64. The Balaban J connectivity index is 2.77. The molecule has 0 aliphatic heterocycles. The largest absolute Gasteiger partial charge is 0.388 e. The molecule has 0 radical (unpaired) electrons. The smallest absolute Gasteiger partial charge is 0.0843 e. The van der Waals surface area contributed by atoms with Gasteiger partial charge in [0, 0.05) is 5.92 Å². The van der Waals surface area contributed by atoms with Crippen LogP contribution in [0.4, 0.5) is 0 Å². The molecular formula is C13H18O2. The molecule has 0 bridgehead atoms. The van der Waals surface area contributed by atoms with Crippen LogP contribution in [0.1, 0.15) is 25.5 Å². The van der Waals surface area contributed by atoms with Crippen molar-refractivity contribution in [3.8, 4) is 0 Å². The fourth-order valence-corrected chi connectivity index (χ4v) is 1.58. The Morgan fingerprint density at radius 3 is 2.20 bits per heavy atom. The number of benzene rings is 1. The lowest BCUT2D eigenvalue weighted by molar-refractivity contribution is 0.0392. The molecule has 0 saturated carbocycles. The summed E-state index contributed by atoms with van der Waals surface area (Å²) < 4.78 is 0. The summed E-state index contributed by atoms with van der Waals surface area (Å²) in [5.41, 5.74) is 1.50. The van der Waals surface area contributed by atoms with Gasteiger partial charge in [-0.3, -0.25) is 0 Å². The number of rotatable bonds is 4. The number of aliphatic hydroxyl groups is 2. The minimum Gasteiger partial charge on any atom is -0.388 e. The standard InChI is InChI=1S/C13H18O2/c1-9(2)12(14)10(3)13(15)11-7-5-4-6-8-11/h4-8,10,12-15H,1H2,2-3H3/t10-,12+,13+/m0/s1. The molecule has 0 fully saturated rings. The minimum atomic E-state index is -0.666. The highest BCUT2D eigenvalue weighted by molar-refractivity contribution is 5.19. The fourth-order valence-electron chi connectivity index (χ4n) is 1.58. The van der Waals surface area contributed by atoms with Crippen LogP contribution in [-0.2, 0) is 0 Å². The number of hydrogen-bond acceptors (Lipinski definition) is 2. The molecule has 3 atom stereocenters. The van der Waals surface area contributed by atoms with Gasteiger partial charge in [-0.1, -0.05) is 49.4 Å². The summed E-state index contributed by atoms with van der Waals surface area (Å²) in [6.45, 7) is 7.27. The summed E-state index contributed by atoms with van der Waals surface area (Å²) >= 11 is 0. The maximum absolute atomic E-state index is 10.0. The summed E-state index contributed by atoms with van der Waals surface area (Å²) in [6.07, 6.45) is -1.32. The van der Waals surface area contributed by atoms with Crippen molar-refractivity contribution in [2.24, 2.45) is 5.92 Å². The fraction of sp³-hybridized carbons (Fsp3) is 0.385. The van der Waals surface area contributed by atoms with Crippen molar-refractivity contribution in [3.05, 3.63) is 48.0 Å². The molecule has 2 heteroatoms. The average Bonchev–Trinajstić information content (AvgIpc) is 2.27. The lowest BCUT2D eigenvalue weighted by atomic mass is 9.90. The summed E-state index contributed by atoms with van der Waals surface area (Å²) in [4.78, 5) is 0. The van der Waals surface area contributed by atoms with Crippen molar-refractivity contribution in [1.82, 2.24) is 0 Å². The molecule has 15 heavy (non-hydrogen) atoms. The maximum Gasteiger partial charge on any atom is 0.0843 e. The van der Waals surface area contributed by atoms with Crippen LogP contribution < -0.4 is 0 Å². The lowest BCUT2D eigenvalue weighted by Crippen LogP contribution is -2.24. The summed E-state index contributed by atoms with van der Waals surface area (Å²) in [6, 6.07) is 9.35. The van der Waals surface area contributed by atoms with E-state index in [1.54, 1.807) is 6.92 Å². The summed E-state index contributed by atoms with van der Waals surface area (Å²) in [5.74, 6) is -0.245. The predicted molar refractivity (Wildman–Crippen MR) is 61.4 cm³/mol. The van der Waals surface area contributed by atoms with Crippen LogP contribution in [0.25, 0.3) is 0 Å².